The highest BCUT2D eigenvalue weighted by molar-refractivity contribution is 9.09. The lowest BCUT2D eigenvalue weighted by Crippen LogP contribution is -2.10. The molecule has 20 heavy (non-hydrogen) atoms. The fraction of sp³-hybridized carbons (Fsp3) is 0.286. The molecule has 1 atom stereocenters. The number of aryl methyl sites for hydroxylation is 2. The minimum atomic E-state index is -4.69. The molecule has 0 aliphatic carbocycles. The van der Waals surface area contributed by atoms with E-state index in [-0.39, 0.29) is 5.56 Å². The van der Waals surface area contributed by atoms with Gasteiger partial charge < -0.3 is 0 Å². The molecule has 1 aromatic heterocycles. The molecular weight excluding hydrogens is 356 g/mol. The van der Waals surface area contributed by atoms with Crippen LogP contribution in [0.1, 0.15) is 31.3 Å². The van der Waals surface area contributed by atoms with Crippen LogP contribution in [0.3, 0.4) is 0 Å². The van der Waals surface area contributed by atoms with Crippen molar-refractivity contribution in [3.8, 4) is 0 Å². The summed E-state index contributed by atoms with van der Waals surface area (Å²) < 4.78 is 52.3. The Balaban J connectivity index is 2.51. The first-order valence-corrected chi connectivity index (χ1v) is 7.51. The molecule has 0 bridgehead atoms. The first kappa shape index (κ1) is 15.5. The van der Waals surface area contributed by atoms with Gasteiger partial charge in [0.15, 0.2) is 0 Å². The summed E-state index contributed by atoms with van der Waals surface area (Å²) in [6.07, 6.45) is -4.69. The number of halogens is 5. The highest BCUT2D eigenvalue weighted by atomic mass is 79.9. The van der Waals surface area contributed by atoms with E-state index in [1.165, 1.54) is 23.5 Å². The molecule has 0 N–H and O–H groups in total. The highest BCUT2D eigenvalue weighted by Crippen LogP contribution is 2.40. The summed E-state index contributed by atoms with van der Waals surface area (Å²) in [5.41, 5.74) is -0.435. The second kappa shape index (κ2) is 5.48. The predicted octanol–water partition coefficient (Wildman–Crippen LogP) is 6.01. The molecule has 0 radical (unpaired) electrons. The minimum Gasteiger partial charge on any atom is -0.206 e. The van der Waals surface area contributed by atoms with E-state index in [9.17, 15) is 17.6 Å². The number of thiophene rings is 1. The third kappa shape index (κ3) is 2.91. The molecule has 2 rings (SSSR count). The molecule has 0 amide bonds. The summed E-state index contributed by atoms with van der Waals surface area (Å²) in [7, 11) is 0. The van der Waals surface area contributed by atoms with Crippen LogP contribution in [-0.2, 0) is 6.18 Å². The molecule has 1 aromatic carbocycles. The first-order valence-electron chi connectivity index (χ1n) is 5.78. The van der Waals surface area contributed by atoms with Gasteiger partial charge in [0.25, 0.3) is 0 Å². The maximum absolute atomic E-state index is 14.1. The van der Waals surface area contributed by atoms with Gasteiger partial charge in [-0.05, 0) is 31.5 Å². The van der Waals surface area contributed by atoms with E-state index < -0.39 is 22.4 Å². The Kier molecular flexibility index (Phi) is 4.25. The van der Waals surface area contributed by atoms with Crippen molar-refractivity contribution < 1.29 is 17.6 Å². The van der Waals surface area contributed by atoms with Crippen LogP contribution in [0.4, 0.5) is 17.6 Å². The second-order valence-corrected chi connectivity index (χ2v) is 6.81. The van der Waals surface area contributed by atoms with Gasteiger partial charge in [-0.3, -0.25) is 0 Å². The van der Waals surface area contributed by atoms with E-state index in [0.717, 1.165) is 21.4 Å². The third-order valence-corrected chi connectivity index (χ3v) is 4.93. The Labute approximate surface area is 126 Å². The van der Waals surface area contributed by atoms with Gasteiger partial charge in [-0.2, -0.15) is 13.2 Å². The summed E-state index contributed by atoms with van der Waals surface area (Å²) in [6.45, 7) is 3.77. The SMILES string of the molecule is Cc1cc(C(Br)c2cccc(C(F)(F)F)c2F)c(C)s1. The van der Waals surface area contributed by atoms with Crippen LogP contribution >= 0.6 is 27.3 Å². The normalized spacial score (nSPS) is 13.6. The zero-order chi connectivity index (χ0) is 15.1. The largest absolute Gasteiger partial charge is 0.419 e. The molecular formula is C14H11BrF4S. The predicted molar refractivity (Wildman–Crippen MR) is 76.0 cm³/mol. The quantitative estimate of drug-likeness (QED) is 0.451. The second-order valence-electron chi connectivity index (χ2n) is 4.44. The smallest absolute Gasteiger partial charge is 0.206 e. The van der Waals surface area contributed by atoms with Gasteiger partial charge in [-0.1, -0.05) is 28.1 Å². The van der Waals surface area contributed by atoms with Gasteiger partial charge in [0.1, 0.15) is 5.82 Å². The lowest BCUT2D eigenvalue weighted by molar-refractivity contribution is -0.140. The number of hydrogen-bond acceptors (Lipinski definition) is 1. The molecule has 6 heteroatoms. The molecule has 0 saturated heterocycles. The molecule has 108 valence electrons. The van der Waals surface area contributed by atoms with Crippen LogP contribution in [0.2, 0.25) is 0 Å². The van der Waals surface area contributed by atoms with Crippen LogP contribution in [0.25, 0.3) is 0 Å². The fourth-order valence-electron chi connectivity index (χ4n) is 2.03. The zero-order valence-electron chi connectivity index (χ0n) is 10.7. The van der Waals surface area contributed by atoms with Crippen LogP contribution in [0.5, 0.6) is 0 Å². The summed E-state index contributed by atoms with van der Waals surface area (Å²) in [5.74, 6) is -1.22. The van der Waals surface area contributed by atoms with Crippen molar-refractivity contribution in [1.82, 2.24) is 0 Å². The third-order valence-electron chi connectivity index (χ3n) is 2.96. The van der Waals surface area contributed by atoms with Crippen molar-refractivity contribution >= 4 is 27.3 Å². The topological polar surface area (TPSA) is 0 Å². The maximum Gasteiger partial charge on any atom is 0.419 e. The number of hydrogen-bond donors (Lipinski definition) is 0. The average molecular weight is 367 g/mol. The van der Waals surface area contributed by atoms with Crippen molar-refractivity contribution in [3.05, 3.63) is 56.5 Å². The highest BCUT2D eigenvalue weighted by Gasteiger charge is 2.35. The van der Waals surface area contributed by atoms with Crippen molar-refractivity contribution in [2.75, 3.05) is 0 Å². The fourth-order valence-corrected chi connectivity index (χ4v) is 3.98. The Hall–Kier alpha value is -0.880. The van der Waals surface area contributed by atoms with Gasteiger partial charge in [0.05, 0.1) is 10.4 Å². The molecule has 1 unspecified atom stereocenters. The van der Waals surface area contributed by atoms with Gasteiger partial charge in [-0.25, -0.2) is 4.39 Å². The number of alkyl halides is 4. The van der Waals surface area contributed by atoms with Gasteiger partial charge in [0, 0.05) is 15.3 Å². The van der Waals surface area contributed by atoms with E-state index in [1.807, 2.05) is 19.9 Å². The van der Waals surface area contributed by atoms with Crippen LogP contribution in [0.15, 0.2) is 24.3 Å². The zero-order valence-corrected chi connectivity index (χ0v) is 13.1. The molecule has 2 aromatic rings. The molecule has 0 fully saturated rings. The van der Waals surface area contributed by atoms with E-state index in [2.05, 4.69) is 15.9 Å². The Morgan fingerprint density at radius 3 is 2.30 bits per heavy atom. The molecule has 0 saturated carbocycles. The van der Waals surface area contributed by atoms with Crippen LogP contribution < -0.4 is 0 Å². The van der Waals surface area contributed by atoms with Gasteiger partial charge >= 0.3 is 6.18 Å². The summed E-state index contributed by atoms with van der Waals surface area (Å²) in [4.78, 5) is 1.41. The monoisotopic (exact) mass is 366 g/mol. The van der Waals surface area contributed by atoms with Gasteiger partial charge in [0.2, 0.25) is 0 Å². The Bertz CT molecular complexity index is 631. The minimum absolute atomic E-state index is 0.000671. The van der Waals surface area contributed by atoms with Crippen molar-refractivity contribution in [2.45, 2.75) is 24.9 Å². The van der Waals surface area contributed by atoms with E-state index in [0.29, 0.717) is 0 Å². The number of benzene rings is 1. The first-order chi connectivity index (χ1) is 9.21. The molecule has 0 nitrogen and oxygen atoms in total. The van der Waals surface area contributed by atoms with Crippen LogP contribution in [-0.4, -0.2) is 0 Å². The summed E-state index contributed by atoms with van der Waals surface area (Å²) >= 11 is 4.84. The van der Waals surface area contributed by atoms with Crippen molar-refractivity contribution in [2.24, 2.45) is 0 Å². The Morgan fingerprint density at radius 1 is 1.15 bits per heavy atom. The van der Waals surface area contributed by atoms with Crippen molar-refractivity contribution in [3.63, 3.8) is 0 Å². The standard InChI is InChI=1S/C14H11BrF4S/c1-7-6-10(8(2)20-7)12(15)9-4-3-5-11(13(9)16)14(17,18)19/h3-6,12H,1-2H3. The van der Waals surface area contributed by atoms with Crippen LogP contribution in [0, 0.1) is 19.7 Å². The molecule has 1 heterocycles. The van der Waals surface area contributed by atoms with E-state index >= 15 is 0 Å². The van der Waals surface area contributed by atoms with Gasteiger partial charge in [-0.15, -0.1) is 11.3 Å². The van der Waals surface area contributed by atoms with Crippen molar-refractivity contribution in [1.29, 1.82) is 0 Å². The maximum atomic E-state index is 14.1. The van der Waals surface area contributed by atoms with E-state index in [4.69, 9.17) is 0 Å². The average Bonchev–Trinajstić information content (AvgIpc) is 2.66. The number of rotatable bonds is 2. The Morgan fingerprint density at radius 2 is 1.80 bits per heavy atom. The lowest BCUT2D eigenvalue weighted by Gasteiger charge is -2.15. The summed E-state index contributed by atoms with van der Waals surface area (Å²) in [6, 6.07) is 5.21. The molecule has 0 aliphatic rings. The lowest BCUT2D eigenvalue weighted by atomic mass is 10.0. The molecule has 0 aliphatic heterocycles. The van der Waals surface area contributed by atoms with E-state index in [1.54, 1.807) is 0 Å². The molecule has 0 spiro atoms. The summed E-state index contributed by atoms with van der Waals surface area (Å²) in [5, 5.41) is 0.